The van der Waals surface area contributed by atoms with E-state index in [4.69, 9.17) is 21.1 Å². The minimum Gasteiger partial charge on any atom is -0.503 e. The molecule has 2 N–H and O–H groups in total. The van der Waals surface area contributed by atoms with Gasteiger partial charge >= 0.3 is 6.18 Å². The molecule has 5 aromatic rings. The first-order chi connectivity index (χ1) is 22.5. The maximum absolute atomic E-state index is 14.0. The molecule has 0 aliphatic carbocycles. The number of aromatic nitrogens is 5. The van der Waals surface area contributed by atoms with Gasteiger partial charge in [0.25, 0.3) is 11.4 Å². The number of anilines is 1. The van der Waals surface area contributed by atoms with Gasteiger partial charge in [0.1, 0.15) is 12.3 Å². The Hall–Kier alpha value is -5.21. The number of aromatic hydroxyl groups is 1. The first-order valence-corrected chi connectivity index (χ1v) is 14.8. The molecule has 3 aromatic heterocycles. The van der Waals surface area contributed by atoms with Crippen molar-refractivity contribution in [3.63, 3.8) is 0 Å². The number of benzene rings is 2. The van der Waals surface area contributed by atoms with Gasteiger partial charge < -0.3 is 24.5 Å². The molecular formula is C32H26ClF3N6O5. The van der Waals surface area contributed by atoms with E-state index in [0.717, 1.165) is 28.3 Å². The molecule has 1 aliphatic rings. The lowest BCUT2D eigenvalue weighted by Crippen LogP contribution is -2.28. The highest BCUT2D eigenvalue weighted by Crippen LogP contribution is 2.34. The Labute approximate surface area is 269 Å². The lowest BCUT2D eigenvalue weighted by atomic mass is 10.0. The van der Waals surface area contributed by atoms with Crippen molar-refractivity contribution in [3.8, 4) is 28.5 Å². The monoisotopic (exact) mass is 666 g/mol. The Morgan fingerprint density at radius 3 is 2.62 bits per heavy atom. The predicted octanol–water partition coefficient (Wildman–Crippen LogP) is 6.13. The van der Waals surface area contributed by atoms with Crippen molar-refractivity contribution >= 4 is 34.5 Å². The maximum atomic E-state index is 14.0. The molecule has 0 bridgehead atoms. The van der Waals surface area contributed by atoms with E-state index >= 15 is 0 Å². The third kappa shape index (κ3) is 6.55. The molecule has 1 aliphatic heterocycles. The normalized spacial score (nSPS) is 13.4. The van der Waals surface area contributed by atoms with Crippen molar-refractivity contribution in [2.75, 3.05) is 18.5 Å². The molecule has 4 heterocycles. The van der Waals surface area contributed by atoms with Crippen LogP contribution in [0.5, 0.6) is 17.4 Å². The Bertz CT molecular complexity index is 2080. The van der Waals surface area contributed by atoms with Crippen LogP contribution in [-0.2, 0) is 28.7 Å². The van der Waals surface area contributed by atoms with Gasteiger partial charge in [0.15, 0.2) is 11.6 Å². The fourth-order valence-electron chi connectivity index (χ4n) is 5.18. The van der Waals surface area contributed by atoms with E-state index in [2.05, 4.69) is 20.4 Å². The summed E-state index contributed by atoms with van der Waals surface area (Å²) in [7, 11) is 0. The van der Waals surface area contributed by atoms with E-state index in [1.165, 1.54) is 12.3 Å². The average molecular weight is 667 g/mol. The molecule has 11 nitrogen and oxygen atoms in total. The molecular weight excluding hydrogens is 641 g/mol. The fourth-order valence-corrected chi connectivity index (χ4v) is 5.41. The Morgan fingerprint density at radius 2 is 1.96 bits per heavy atom. The molecule has 1 amide bonds. The summed E-state index contributed by atoms with van der Waals surface area (Å²) in [4.78, 5) is 36.1. The maximum Gasteiger partial charge on any atom is 0.416 e. The minimum absolute atomic E-state index is 0.00926. The SMILES string of the molecule is CCc1c(-c2ccc(Oc3ncccc3O)cc2)c(=O)n2nc(C3=CCOCC3)nc2n1CC(=O)Nc1ccc(C(F)(F)F)cc1Cl. The summed E-state index contributed by atoms with van der Waals surface area (Å²) < 4.78 is 53.2. The molecule has 2 aromatic carbocycles. The second kappa shape index (κ2) is 12.9. The van der Waals surface area contributed by atoms with E-state index in [0.29, 0.717) is 48.9 Å². The second-order valence-corrected chi connectivity index (χ2v) is 10.9. The summed E-state index contributed by atoms with van der Waals surface area (Å²) in [6.45, 7) is 2.27. The number of carbonyl (C=O) groups excluding carboxylic acids is 1. The minimum atomic E-state index is -4.60. The van der Waals surface area contributed by atoms with Crippen LogP contribution in [0.25, 0.3) is 22.5 Å². The van der Waals surface area contributed by atoms with Crippen molar-refractivity contribution in [3.05, 3.63) is 99.3 Å². The lowest BCUT2D eigenvalue weighted by Gasteiger charge is -2.18. The molecule has 0 unspecified atom stereocenters. The highest BCUT2D eigenvalue weighted by Gasteiger charge is 2.31. The van der Waals surface area contributed by atoms with Crippen molar-refractivity contribution in [1.82, 2.24) is 24.1 Å². The number of halogens is 4. The van der Waals surface area contributed by atoms with Crippen LogP contribution in [0.2, 0.25) is 5.02 Å². The summed E-state index contributed by atoms with van der Waals surface area (Å²) >= 11 is 6.09. The molecule has 242 valence electrons. The van der Waals surface area contributed by atoms with Gasteiger partial charge in [-0.1, -0.05) is 36.7 Å². The van der Waals surface area contributed by atoms with E-state index < -0.39 is 23.2 Å². The lowest BCUT2D eigenvalue weighted by molar-refractivity contribution is -0.137. The zero-order chi connectivity index (χ0) is 33.3. The highest BCUT2D eigenvalue weighted by atomic mass is 35.5. The Balaban J connectivity index is 1.41. The molecule has 0 saturated heterocycles. The van der Waals surface area contributed by atoms with E-state index in [9.17, 15) is 27.9 Å². The first-order valence-electron chi connectivity index (χ1n) is 14.4. The quantitative estimate of drug-likeness (QED) is 0.202. The molecule has 0 saturated carbocycles. The van der Waals surface area contributed by atoms with Crippen LogP contribution >= 0.6 is 11.6 Å². The van der Waals surface area contributed by atoms with Crippen molar-refractivity contribution in [2.45, 2.75) is 32.5 Å². The van der Waals surface area contributed by atoms with Crippen molar-refractivity contribution in [2.24, 2.45) is 0 Å². The average Bonchev–Trinajstić information content (AvgIpc) is 3.51. The largest absolute Gasteiger partial charge is 0.503 e. The third-order valence-corrected chi connectivity index (χ3v) is 7.73. The van der Waals surface area contributed by atoms with Gasteiger partial charge in [0.05, 0.1) is 35.1 Å². The summed E-state index contributed by atoms with van der Waals surface area (Å²) in [5.74, 6) is 0.0162. The second-order valence-electron chi connectivity index (χ2n) is 10.5. The van der Waals surface area contributed by atoms with Crippen molar-refractivity contribution < 1.29 is 32.5 Å². The van der Waals surface area contributed by atoms with E-state index in [1.54, 1.807) is 34.9 Å². The Kier molecular flexibility index (Phi) is 8.71. The predicted molar refractivity (Wildman–Crippen MR) is 167 cm³/mol. The van der Waals surface area contributed by atoms with Gasteiger partial charge in [-0.2, -0.15) is 22.7 Å². The van der Waals surface area contributed by atoms with Gasteiger partial charge in [-0.05, 0) is 66.4 Å². The van der Waals surface area contributed by atoms with Crippen LogP contribution in [0, 0.1) is 0 Å². The number of ether oxygens (including phenoxy) is 2. The molecule has 15 heteroatoms. The molecule has 0 atom stereocenters. The standard InChI is InChI=1S/C32H26ClF3N6O5/c1-2-24-27(18-5-8-21(9-6-18)47-29-25(43)4-3-13-37-29)30(45)42-31(39-28(40-42)19-11-14-46-15-12-19)41(24)17-26(44)38-23-10-7-20(16-22(23)33)32(34,35)36/h3-11,13,16,43H,2,12,14-15,17H2,1H3,(H,38,44). The van der Waals surface area contributed by atoms with Crippen LogP contribution in [-0.4, -0.2) is 48.4 Å². The van der Waals surface area contributed by atoms with Gasteiger partial charge in [-0.15, -0.1) is 5.10 Å². The van der Waals surface area contributed by atoms with Crippen LogP contribution in [0.1, 0.15) is 30.4 Å². The number of nitrogens with zero attached hydrogens (tertiary/aromatic N) is 5. The number of rotatable bonds is 8. The number of hydrogen-bond donors (Lipinski definition) is 2. The van der Waals surface area contributed by atoms with E-state index in [-0.39, 0.29) is 40.2 Å². The third-order valence-electron chi connectivity index (χ3n) is 7.42. The van der Waals surface area contributed by atoms with Crippen LogP contribution in [0.15, 0.2) is 71.7 Å². The Morgan fingerprint density at radius 1 is 1.17 bits per heavy atom. The first kappa shape index (κ1) is 31.8. The zero-order valence-corrected chi connectivity index (χ0v) is 25.5. The summed E-state index contributed by atoms with van der Waals surface area (Å²) in [6.07, 6.45) is -0.478. The summed E-state index contributed by atoms with van der Waals surface area (Å²) in [6, 6.07) is 12.2. The summed E-state index contributed by atoms with van der Waals surface area (Å²) in [5.41, 5.74) is 0.564. The number of amides is 1. The number of fused-ring (bicyclic) bond motifs is 1. The molecule has 47 heavy (non-hydrogen) atoms. The number of nitrogens with one attached hydrogen (secondary N) is 1. The highest BCUT2D eigenvalue weighted by molar-refractivity contribution is 6.33. The van der Waals surface area contributed by atoms with Gasteiger partial charge in [0.2, 0.25) is 11.7 Å². The van der Waals surface area contributed by atoms with Gasteiger partial charge in [-0.3, -0.25) is 9.59 Å². The van der Waals surface area contributed by atoms with Crippen LogP contribution in [0.4, 0.5) is 18.9 Å². The van der Waals surface area contributed by atoms with Crippen LogP contribution < -0.4 is 15.6 Å². The fraction of sp³-hybridized carbons (Fsp3) is 0.219. The number of pyridine rings is 1. The topological polar surface area (TPSA) is 133 Å². The van der Waals surface area contributed by atoms with Crippen LogP contribution in [0.3, 0.4) is 0 Å². The van der Waals surface area contributed by atoms with E-state index in [1.807, 2.05) is 13.0 Å². The van der Waals surface area contributed by atoms with Gasteiger partial charge in [0, 0.05) is 11.9 Å². The molecule has 0 fully saturated rings. The smallest absolute Gasteiger partial charge is 0.416 e. The molecule has 6 rings (SSSR count). The van der Waals surface area contributed by atoms with Crippen molar-refractivity contribution in [1.29, 1.82) is 0 Å². The zero-order valence-electron chi connectivity index (χ0n) is 24.7. The number of hydrogen-bond acceptors (Lipinski definition) is 8. The number of carbonyl (C=O) groups is 1. The summed E-state index contributed by atoms with van der Waals surface area (Å²) in [5, 5.41) is 16.8. The van der Waals surface area contributed by atoms with Gasteiger partial charge in [-0.25, -0.2) is 4.98 Å². The molecule has 0 radical (unpaired) electrons. The molecule has 0 spiro atoms. The number of alkyl halides is 3.